The van der Waals surface area contributed by atoms with E-state index in [1.54, 1.807) is 0 Å². The largest absolute Gasteiger partial charge is 0.496 e. The van der Waals surface area contributed by atoms with Gasteiger partial charge in [-0.1, -0.05) is 0 Å². The Morgan fingerprint density at radius 1 is 1.24 bits per heavy atom. The van der Waals surface area contributed by atoms with Crippen molar-refractivity contribution in [2.24, 2.45) is 0 Å². The third kappa shape index (κ3) is 2.63. The van der Waals surface area contributed by atoms with Gasteiger partial charge in [0.2, 0.25) is 4.90 Å². The summed E-state index contributed by atoms with van der Waals surface area (Å²) >= 11 is 3.93. The fourth-order valence-corrected chi connectivity index (χ4v) is 4.92. The van der Waals surface area contributed by atoms with E-state index < -0.39 is 26.2 Å². The number of thiol groups is 1. The van der Waals surface area contributed by atoms with Crippen LogP contribution < -0.4 is 0 Å². The lowest BCUT2D eigenvalue weighted by Gasteiger charge is -2.33. The first-order chi connectivity index (χ1) is 7.67. The highest BCUT2D eigenvalue weighted by Gasteiger charge is 2.66. The van der Waals surface area contributed by atoms with E-state index in [1.807, 2.05) is 0 Å². The molecule has 7 nitrogen and oxygen atoms in total. The second-order valence-corrected chi connectivity index (χ2v) is 8.12. The molecule has 0 radical (unpaired) electrons. The van der Waals surface area contributed by atoms with Crippen LogP contribution in [0.3, 0.4) is 0 Å². The molecular formula is C7H14O7P2S. The Bertz CT molecular complexity index is 375. The van der Waals surface area contributed by atoms with Crippen LogP contribution in [-0.4, -0.2) is 36.3 Å². The van der Waals surface area contributed by atoms with Crippen molar-refractivity contribution in [2.45, 2.75) is 23.8 Å². The minimum absolute atomic E-state index is 0.104. The van der Waals surface area contributed by atoms with Gasteiger partial charge in [0.15, 0.2) is 0 Å². The molecule has 1 rings (SSSR count). The molecule has 100 valence electrons. The molecule has 0 amide bonds. The first kappa shape index (κ1) is 15.2. The summed E-state index contributed by atoms with van der Waals surface area (Å²) in [5.41, 5.74) is 0. The van der Waals surface area contributed by atoms with Crippen LogP contribution in [0.25, 0.3) is 0 Å². The summed E-state index contributed by atoms with van der Waals surface area (Å²) in [5.74, 6) is 0.429. The van der Waals surface area contributed by atoms with Crippen LogP contribution in [0.2, 0.25) is 0 Å². The van der Waals surface area contributed by atoms with Crippen LogP contribution in [-0.2, 0) is 13.9 Å². The molecule has 0 aromatic heterocycles. The van der Waals surface area contributed by atoms with Crippen molar-refractivity contribution in [3.8, 4) is 0 Å². The van der Waals surface area contributed by atoms with Crippen LogP contribution in [0, 0.1) is 0 Å². The number of ether oxygens (including phenoxy) is 1. The Kier molecular flexibility index (Phi) is 4.53. The summed E-state index contributed by atoms with van der Waals surface area (Å²) < 4.78 is 27.8. The highest BCUT2D eigenvalue weighted by atomic mass is 32.1. The van der Waals surface area contributed by atoms with Crippen molar-refractivity contribution in [2.75, 3.05) is 5.75 Å². The molecule has 1 aliphatic rings. The number of hydrogen-bond donors (Lipinski definition) is 5. The van der Waals surface area contributed by atoms with Crippen molar-refractivity contribution in [1.29, 1.82) is 0 Å². The highest BCUT2D eigenvalue weighted by Crippen LogP contribution is 2.73. The Labute approximate surface area is 104 Å². The highest BCUT2D eigenvalue weighted by molar-refractivity contribution is 7.80. The van der Waals surface area contributed by atoms with Crippen LogP contribution in [0.4, 0.5) is 0 Å². The summed E-state index contributed by atoms with van der Waals surface area (Å²) in [4.78, 5) is 34.4. The monoisotopic (exact) mass is 304 g/mol. The van der Waals surface area contributed by atoms with Gasteiger partial charge >= 0.3 is 15.2 Å². The van der Waals surface area contributed by atoms with E-state index in [1.165, 1.54) is 0 Å². The molecule has 0 aromatic rings. The number of hydrogen-bond acceptors (Lipinski definition) is 4. The topological polar surface area (TPSA) is 124 Å². The van der Waals surface area contributed by atoms with Crippen LogP contribution >= 0.6 is 27.8 Å². The second-order valence-electron chi connectivity index (χ2n) is 3.66. The third-order valence-electron chi connectivity index (χ3n) is 2.59. The smallest absolute Gasteiger partial charge is 0.351 e. The zero-order valence-corrected chi connectivity index (χ0v) is 11.4. The molecule has 0 saturated heterocycles. The Balaban J connectivity index is 3.19. The summed E-state index contributed by atoms with van der Waals surface area (Å²) in [7, 11) is -10.1. The lowest BCUT2D eigenvalue weighted by Crippen LogP contribution is -2.38. The van der Waals surface area contributed by atoms with Gasteiger partial charge in [0, 0.05) is 0 Å². The van der Waals surface area contributed by atoms with Crippen LogP contribution in [0.5, 0.6) is 0 Å². The third-order valence-corrected chi connectivity index (χ3v) is 7.21. The minimum Gasteiger partial charge on any atom is -0.496 e. The molecule has 10 heteroatoms. The quantitative estimate of drug-likeness (QED) is 0.373. The molecule has 0 saturated carbocycles. The van der Waals surface area contributed by atoms with Crippen molar-refractivity contribution in [1.82, 2.24) is 0 Å². The van der Waals surface area contributed by atoms with Crippen molar-refractivity contribution in [3.63, 3.8) is 0 Å². The van der Waals surface area contributed by atoms with Gasteiger partial charge < -0.3 is 24.3 Å². The van der Waals surface area contributed by atoms with E-state index in [2.05, 4.69) is 12.6 Å². The molecule has 1 unspecified atom stereocenters. The molecule has 0 aromatic carbocycles. The van der Waals surface area contributed by atoms with Gasteiger partial charge in [0.1, 0.15) is 6.10 Å². The summed E-state index contributed by atoms with van der Waals surface area (Å²) in [5, 5.41) is 0. The number of rotatable bonds is 5. The fraction of sp³-hybridized carbons (Fsp3) is 0.714. The van der Waals surface area contributed by atoms with E-state index in [4.69, 9.17) is 4.74 Å². The second kappa shape index (κ2) is 5.05. The first-order valence-corrected chi connectivity index (χ1v) is 8.58. The van der Waals surface area contributed by atoms with Gasteiger partial charge in [-0.15, -0.1) is 0 Å². The first-order valence-electron chi connectivity index (χ1n) is 4.72. The lowest BCUT2D eigenvalue weighted by atomic mass is 10.1. The van der Waals surface area contributed by atoms with Gasteiger partial charge in [0.05, 0.1) is 6.26 Å². The fourth-order valence-electron chi connectivity index (χ4n) is 1.74. The van der Waals surface area contributed by atoms with Crippen molar-refractivity contribution >= 4 is 27.8 Å². The summed E-state index contributed by atoms with van der Waals surface area (Å²) in [6.07, 6.45) is 1.000. The van der Waals surface area contributed by atoms with E-state index in [0.29, 0.717) is 12.2 Å². The zero-order chi connectivity index (χ0) is 13.3. The van der Waals surface area contributed by atoms with Crippen LogP contribution in [0.1, 0.15) is 12.8 Å². The normalized spacial score (nSPS) is 23.7. The van der Waals surface area contributed by atoms with Gasteiger partial charge in [0.25, 0.3) is 0 Å². The van der Waals surface area contributed by atoms with Gasteiger partial charge in [-0.3, -0.25) is 9.13 Å². The maximum Gasteiger partial charge on any atom is 0.351 e. The molecule has 0 fully saturated rings. The van der Waals surface area contributed by atoms with Gasteiger partial charge in [-0.2, -0.15) is 12.6 Å². The molecule has 0 bridgehead atoms. The zero-order valence-electron chi connectivity index (χ0n) is 8.71. The maximum atomic E-state index is 11.4. The van der Waals surface area contributed by atoms with E-state index in [0.717, 1.165) is 12.3 Å². The molecule has 0 spiro atoms. The predicted octanol–water partition coefficient (Wildman–Crippen LogP) is 0.661. The average molecular weight is 304 g/mol. The SMILES string of the molecule is O=P(O)(O)C1(P(=O)(O)O)C=COC1CCCS. The van der Waals surface area contributed by atoms with Gasteiger partial charge in [-0.05, 0) is 24.7 Å². The average Bonchev–Trinajstić information content (AvgIpc) is 2.56. The van der Waals surface area contributed by atoms with E-state index >= 15 is 0 Å². The predicted molar refractivity (Wildman–Crippen MR) is 63.9 cm³/mol. The van der Waals surface area contributed by atoms with Crippen molar-refractivity contribution in [3.05, 3.63) is 12.3 Å². The minimum atomic E-state index is -5.06. The molecule has 1 heterocycles. The standard InChI is InChI=1S/C7H14O7P2S/c8-15(9,10)7(16(11,12)13)3-4-14-6(7)2-1-5-17/h3-4,6,17H,1-2,5H2,(H2,8,9,10)(H2,11,12,13). The summed E-state index contributed by atoms with van der Waals surface area (Å²) in [6.45, 7) is 0. The van der Waals surface area contributed by atoms with E-state index in [-0.39, 0.29) is 6.42 Å². The van der Waals surface area contributed by atoms with Crippen molar-refractivity contribution < 1.29 is 33.4 Å². The molecular weight excluding hydrogens is 290 g/mol. The van der Waals surface area contributed by atoms with Crippen LogP contribution in [0.15, 0.2) is 12.3 Å². The molecule has 17 heavy (non-hydrogen) atoms. The summed E-state index contributed by atoms with van der Waals surface area (Å²) in [6, 6.07) is 0. The molecule has 1 atom stereocenters. The molecule has 1 aliphatic heterocycles. The maximum absolute atomic E-state index is 11.4. The molecule has 4 N–H and O–H groups in total. The Morgan fingerprint density at radius 3 is 2.18 bits per heavy atom. The van der Waals surface area contributed by atoms with E-state index in [9.17, 15) is 28.7 Å². The Hall–Kier alpha value is 0.190. The lowest BCUT2D eigenvalue weighted by molar-refractivity contribution is 0.135. The Morgan fingerprint density at radius 2 is 1.76 bits per heavy atom. The molecule has 0 aliphatic carbocycles. The van der Waals surface area contributed by atoms with Gasteiger partial charge in [-0.25, -0.2) is 0 Å².